The van der Waals surface area contributed by atoms with E-state index in [1.165, 1.54) is 24.2 Å². The highest BCUT2D eigenvalue weighted by Crippen LogP contribution is 2.26. The van der Waals surface area contributed by atoms with Gasteiger partial charge in [0.2, 0.25) is 0 Å². The molecule has 1 N–H and O–H groups in total. The highest BCUT2D eigenvalue weighted by Gasteiger charge is 2.21. The van der Waals surface area contributed by atoms with Crippen LogP contribution in [0.2, 0.25) is 0 Å². The van der Waals surface area contributed by atoms with Gasteiger partial charge in [-0.3, -0.25) is 0 Å². The second-order valence-corrected chi connectivity index (χ2v) is 4.73. The van der Waals surface area contributed by atoms with Crippen LogP contribution >= 0.6 is 0 Å². The number of hydrogen-bond donors (Lipinski definition) is 1. The van der Waals surface area contributed by atoms with Crippen LogP contribution in [0, 0.1) is 0 Å². The summed E-state index contributed by atoms with van der Waals surface area (Å²) >= 11 is 0. The van der Waals surface area contributed by atoms with Crippen LogP contribution in [0.25, 0.3) is 0 Å². The lowest BCUT2D eigenvalue weighted by Crippen LogP contribution is -2.14. The van der Waals surface area contributed by atoms with E-state index in [0.29, 0.717) is 12.5 Å². The Morgan fingerprint density at radius 3 is 2.81 bits per heavy atom. The molecular formula is C13H22N2O. The van der Waals surface area contributed by atoms with Gasteiger partial charge in [0.1, 0.15) is 5.82 Å². The lowest BCUT2D eigenvalue weighted by Gasteiger charge is -2.20. The molecule has 0 amide bonds. The van der Waals surface area contributed by atoms with Gasteiger partial charge in [-0.05, 0) is 39.0 Å². The van der Waals surface area contributed by atoms with Gasteiger partial charge in [0, 0.05) is 18.2 Å². The summed E-state index contributed by atoms with van der Waals surface area (Å²) in [5.74, 6) is 1.09. The van der Waals surface area contributed by atoms with Crippen molar-refractivity contribution in [2.24, 2.45) is 0 Å². The average molecular weight is 222 g/mol. The Morgan fingerprint density at radius 1 is 1.38 bits per heavy atom. The number of aliphatic hydroxyl groups is 1. The topological polar surface area (TPSA) is 38.0 Å². The molecule has 1 aliphatic carbocycles. The summed E-state index contributed by atoms with van der Waals surface area (Å²) in [4.78, 5) is 4.71. The predicted octanol–water partition coefficient (Wildman–Crippen LogP) is 2.27. The van der Waals surface area contributed by atoms with Gasteiger partial charge >= 0.3 is 0 Å². The summed E-state index contributed by atoms with van der Waals surface area (Å²) in [5.41, 5.74) is 2.72. The number of fused-ring (bicyclic) bond motifs is 1. The zero-order valence-electron chi connectivity index (χ0n) is 10.4. The number of rotatable bonds is 4. The quantitative estimate of drug-likeness (QED) is 0.848. The van der Waals surface area contributed by atoms with Crippen LogP contribution in [-0.2, 0) is 19.3 Å². The molecule has 0 aliphatic heterocycles. The number of aryl methyl sites for hydroxylation is 1. The summed E-state index contributed by atoms with van der Waals surface area (Å²) in [5, 5.41) is 9.11. The van der Waals surface area contributed by atoms with Crippen molar-refractivity contribution in [2.45, 2.75) is 58.4 Å². The molecule has 2 rings (SSSR count). The van der Waals surface area contributed by atoms with Crippen LogP contribution in [0.4, 0.5) is 0 Å². The monoisotopic (exact) mass is 222 g/mol. The molecule has 1 unspecified atom stereocenters. The van der Waals surface area contributed by atoms with Gasteiger partial charge in [-0.15, -0.1) is 0 Å². The Labute approximate surface area is 97.5 Å². The third-order valence-corrected chi connectivity index (χ3v) is 3.61. The van der Waals surface area contributed by atoms with Gasteiger partial charge in [0.25, 0.3) is 0 Å². The average Bonchev–Trinajstić information content (AvgIpc) is 2.66. The zero-order chi connectivity index (χ0) is 11.5. The first-order chi connectivity index (χ1) is 7.77. The predicted molar refractivity (Wildman–Crippen MR) is 64.7 cm³/mol. The normalized spacial score (nSPS) is 17.2. The Balaban J connectivity index is 2.39. The maximum Gasteiger partial charge on any atom is 0.111 e. The van der Waals surface area contributed by atoms with Gasteiger partial charge in [0.15, 0.2) is 0 Å². The van der Waals surface area contributed by atoms with Crippen molar-refractivity contribution in [3.8, 4) is 0 Å². The summed E-state index contributed by atoms with van der Waals surface area (Å²) in [6.45, 7) is 4.66. The van der Waals surface area contributed by atoms with Crippen LogP contribution < -0.4 is 0 Å². The summed E-state index contributed by atoms with van der Waals surface area (Å²) in [6.07, 6.45) is 6.66. The molecular weight excluding hydrogens is 200 g/mol. The van der Waals surface area contributed by atoms with E-state index in [2.05, 4.69) is 18.4 Å². The Kier molecular flexibility index (Phi) is 3.64. The summed E-state index contributed by atoms with van der Waals surface area (Å²) < 4.78 is 2.38. The molecule has 16 heavy (non-hydrogen) atoms. The van der Waals surface area contributed by atoms with Gasteiger partial charge in [-0.2, -0.15) is 0 Å². The first-order valence-electron chi connectivity index (χ1n) is 6.47. The molecule has 0 aromatic carbocycles. The minimum atomic E-state index is 0.201. The third kappa shape index (κ3) is 2.01. The third-order valence-electron chi connectivity index (χ3n) is 3.61. The van der Waals surface area contributed by atoms with Crippen molar-refractivity contribution in [3.05, 3.63) is 17.2 Å². The molecule has 1 atom stereocenters. The van der Waals surface area contributed by atoms with E-state index in [1.54, 1.807) is 0 Å². The van der Waals surface area contributed by atoms with Crippen molar-refractivity contribution >= 4 is 0 Å². The smallest absolute Gasteiger partial charge is 0.111 e. The molecule has 0 bridgehead atoms. The van der Waals surface area contributed by atoms with Crippen molar-refractivity contribution in [1.29, 1.82) is 0 Å². The molecule has 1 aromatic rings. The number of nitrogens with zero attached hydrogens (tertiary/aromatic N) is 2. The molecule has 0 saturated carbocycles. The van der Waals surface area contributed by atoms with E-state index >= 15 is 0 Å². The molecule has 0 fully saturated rings. The number of hydrogen-bond acceptors (Lipinski definition) is 2. The van der Waals surface area contributed by atoms with E-state index in [0.717, 1.165) is 25.1 Å². The highest BCUT2D eigenvalue weighted by molar-refractivity contribution is 5.21. The second-order valence-electron chi connectivity index (χ2n) is 4.73. The SMILES string of the molecule is CCC(C)n1c(CCO)nc2c1CCCC2. The van der Waals surface area contributed by atoms with Crippen LogP contribution in [-0.4, -0.2) is 21.3 Å². The molecule has 90 valence electrons. The molecule has 3 nitrogen and oxygen atoms in total. The van der Waals surface area contributed by atoms with Crippen LogP contribution in [0.15, 0.2) is 0 Å². The van der Waals surface area contributed by atoms with Crippen LogP contribution in [0.5, 0.6) is 0 Å². The fraction of sp³-hybridized carbons (Fsp3) is 0.769. The van der Waals surface area contributed by atoms with Crippen molar-refractivity contribution in [2.75, 3.05) is 6.61 Å². The first kappa shape index (κ1) is 11.6. The molecule has 3 heteroatoms. The highest BCUT2D eigenvalue weighted by atomic mass is 16.3. The molecule has 0 saturated heterocycles. The Hall–Kier alpha value is -0.830. The van der Waals surface area contributed by atoms with E-state index in [9.17, 15) is 0 Å². The molecule has 1 heterocycles. The lowest BCUT2D eigenvalue weighted by molar-refractivity contribution is 0.292. The van der Waals surface area contributed by atoms with Gasteiger partial charge in [0.05, 0.1) is 12.3 Å². The van der Waals surface area contributed by atoms with Crippen molar-refractivity contribution in [1.82, 2.24) is 9.55 Å². The molecule has 0 spiro atoms. The van der Waals surface area contributed by atoms with Gasteiger partial charge in [-0.1, -0.05) is 6.92 Å². The summed E-state index contributed by atoms with van der Waals surface area (Å²) in [7, 11) is 0. The number of imidazole rings is 1. The van der Waals surface area contributed by atoms with Crippen LogP contribution in [0.1, 0.15) is 56.4 Å². The van der Waals surface area contributed by atoms with E-state index in [-0.39, 0.29) is 6.61 Å². The number of aromatic nitrogens is 2. The van der Waals surface area contributed by atoms with Crippen molar-refractivity contribution < 1.29 is 5.11 Å². The fourth-order valence-corrected chi connectivity index (χ4v) is 2.60. The van der Waals surface area contributed by atoms with Crippen LogP contribution in [0.3, 0.4) is 0 Å². The minimum absolute atomic E-state index is 0.201. The largest absolute Gasteiger partial charge is 0.396 e. The minimum Gasteiger partial charge on any atom is -0.396 e. The van der Waals surface area contributed by atoms with E-state index in [4.69, 9.17) is 10.1 Å². The fourth-order valence-electron chi connectivity index (χ4n) is 2.60. The standard InChI is InChI=1S/C13H22N2O/c1-3-10(2)15-12-7-5-4-6-11(12)14-13(15)8-9-16/h10,16H,3-9H2,1-2H3. The lowest BCUT2D eigenvalue weighted by atomic mass is 10.0. The molecule has 0 radical (unpaired) electrons. The molecule has 1 aliphatic rings. The second kappa shape index (κ2) is 5.00. The number of aliphatic hydroxyl groups excluding tert-OH is 1. The van der Waals surface area contributed by atoms with E-state index < -0.39 is 0 Å². The Bertz CT molecular complexity index is 357. The zero-order valence-corrected chi connectivity index (χ0v) is 10.4. The maximum atomic E-state index is 9.11. The Morgan fingerprint density at radius 2 is 2.12 bits per heavy atom. The van der Waals surface area contributed by atoms with E-state index in [1.807, 2.05) is 0 Å². The van der Waals surface area contributed by atoms with Gasteiger partial charge < -0.3 is 9.67 Å². The molecule has 1 aromatic heterocycles. The van der Waals surface area contributed by atoms with Gasteiger partial charge in [-0.25, -0.2) is 4.98 Å². The first-order valence-corrected chi connectivity index (χ1v) is 6.47. The van der Waals surface area contributed by atoms with Crippen molar-refractivity contribution in [3.63, 3.8) is 0 Å². The summed E-state index contributed by atoms with van der Waals surface area (Å²) in [6, 6.07) is 0.510. The maximum absolute atomic E-state index is 9.11.